The van der Waals surface area contributed by atoms with E-state index in [0.29, 0.717) is 11.5 Å². The lowest BCUT2D eigenvalue weighted by Crippen LogP contribution is -2.15. The van der Waals surface area contributed by atoms with Gasteiger partial charge < -0.3 is 5.32 Å². The summed E-state index contributed by atoms with van der Waals surface area (Å²) in [5.41, 5.74) is 0.235. The lowest BCUT2D eigenvalue weighted by molar-refractivity contribution is 0.102. The van der Waals surface area contributed by atoms with Crippen LogP contribution in [-0.4, -0.2) is 20.7 Å². The molecule has 0 spiro atoms. The van der Waals surface area contributed by atoms with E-state index in [1.165, 1.54) is 16.9 Å². The number of amides is 1. The predicted molar refractivity (Wildman–Crippen MR) is 80.4 cm³/mol. The first-order valence-electron chi connectivity index (χ1n) is 6.79. The van der Waals surface area contributed by atoms with Crippen LogP contribution in [-0.2, 0) is 0 Å². The lowest BCUT2D eigenvalue weighted by atomic mass is 10.2. The van der Waals surface area contributed by atoms with E-state index in [2.05, 4.69) is 15.4 Å². The van der Waals surface area contributed by atoms with Gasteiger partial charge in [-0.25, -0.2) is 18.4 Å². The molecule has 0 bridgehead atoms. The number of nitrogens with zero attached hydrogens (tertiary/aromatic N) is 3. The summed E-state index contributed by atoms with van der Waals surface area (Å²) in [6.45, 7) is 1.67. The van der Waals surface area contributed by atoms with E-state index in [1.807, 2.05) is 0 Å². The van der Waals surface area contributed by atoms with Crippen LogP contribution >= 0.6 is 0 Å². The van der Waals surface area contributed by atoms with Crippen molar-refractivity contribution < 1.29 is 13.6 Å². The Morgan fingerprint density at radius 2 is 1.87 bits per heavy atom. The molecule has 0 unspecified atom stereocenters. The summed E-state index contributed by atoms with van der Waals surface area (Å²) in [4.78, 5) is 16.4. The molecule has 116 valence electrons. The minimum atomic E-state index is -0.840. The van der Waals surface area contributed by atoms with Gasteiger partial charge in [0, 0.05) is 6.20 Å². The number of aromatic nitrogens is 3. The quantitative estimate of drug-likeness (QED) is 0.808. The summed E-state index contributed by atoms with van der Waals surface area (Å²) in [7, 11) is 0. The van der Waals surface area contributed by atoms with Crippen molar-refractivity contribution in [2.24, 2.45) is 0 Å². The van der Waals surface area contributed by atoms with Gasteiger partial charge in [0.25, 0.3) is 5.91 Å². The normalized spacial score (nSPS) is 10.6. The second kappa shape index (κ2) is 5.96. The summed E-state index contributed by atoms with van der Waals surface area (Å²) in [5, 5.41) is 6.34. The average molecular weight is 314 g/mol. The van der Waals surface area contributed by atoms with Crippen molar-refractivity contribution in [3.8, 4) is 5.82 Å². The van der Waals surface area contributed by atoms with Crippen molar-refractivity contribution in [1.29, 1.82) is 0 Å². The molecule has 0 aliphatic heterocycles. The highest BCUT2D eigenvalue weighted by atomic mass is 19.1. The molecule has 0 saturated heterocycles. The zero-order valence-corrected chi connectivity index (χ0v) is 12.1. The molecule has 0 radical (unpaired) electrons. The highest BCUT2D eigenvalue weighted by molar-refractivity contribution is 6.05. The van der Waals surface area contributed by atoms with Crippen LogP contribution in [0, 0.1) is 18.6 Å². The minimum absolute atomic E-state index is 0.207. The second-order valence-corrected chi connectivity index (χ2v) is 4.79. The van der Waals surface area contributed by atoms with Crippen LogP contribution in [0.4, 0.5) is 14.5 Å². The Morgan fingerprint density at radius 3 is 2.52 bits per heavy atom. The van der Waals surface area contributed by atoms with E-state index in [1.54, 1.807) is 31.3 Å². The molecular weight excluding hydrogens is 302 g/mol. The molecule has 3 rings (SSSR count). The number of rotatable bonds is 3. The third-order valence-electron chi connectivity index (χ3n) is 3.32. The Labute approximate surface area is 130 Å². The van der Waals surface area contributed by atoms with E-state index in [0.717, 1.165) is 12.1 Å². The number of nitrogens with one attached hydrogen (secondary N) is 1. The molecule has 23 heavy (non-hydrogen) atoms. The summed E-state index contributed by atoms with van der Waals surface area (Å²) >= 11 is 0. The zero-order valence-electron chi connectivity index (χ0n) is 12.1. The van der Waals surface area contributed by atoms with Crippen LogP contribution < -0.4 is 5.32 Å². The van der Waals surface area contributed by atoms with E-state index >= 15 is 0 Å². The molecule has 0 fully saturated rings. The Hall–Kier alpha value is -3.09. The fraction of sp³-hybridized carbons (Fsp3) is 0.0625. The van der Waals surface area contributed by atoms with Crippen LogP contribution in [0.1, 0.15) is 16.1 Å². The topological polar surface area (TPSA) is 59.8 Å². The first-order valence-corrected chi connectivity index (χ1v) is 6.79. The number of anilines is 1. The van der Waals surface area contributed by atoms with Gasteiger partial charge in [-0.2, -0.15) is 5.10 Å². The first kappa shape index (κ1) is 14.8. The van der Waals surface area contributed by atoms with Crippen molar-refractivity contribution in [3.05, 3.63) is 71.7 Å². The summed E-state index contributed by atoms with van der Waals surface area (Å²) < 4.78 is 28.7. The number of para-hydroxylation sites is 1. The third kappa shape index (κ3) is 2.80. The fourth-order valence-corrected chi connectivity index (χ4v) is 2.14. The molecule has 0 saturated carbocycles. The highest BCUT2D eigenvalue weighted by Crippen LogP contribution is 2.20. The number of pyridine rings is 1. The van der Waals surface area contributed by atoms with Crippen LogP contribution in [0.2, 0.25) is 0 Å². The van der Waals surface area contributed by atoms with Crippen LogP contribution in [0.25, 0.3) is 5.82 Å². The highest BCUT2D eigenvalue weighted by Gasteiger charge is 2.18. The van der Waals surface area contributed by atoms with Gasteiger partial charge in [0.1, 0.15) is 17.3 Å². The average Bonchev–Trinajstić information content (AvgIpc) is 2.93. The Bertz CT molecular complexity index is 842. The maximum absolute atomic E-state index is 13.6. The smallest absolute Gasteiger partial charge is 0.259 e. The van der Waals surface area contributed by atoms with Gasteiger partial charge in [0.05, 0.1) is 17.5 Å². The predicted octanol–water partition coefficient (Wildman–Crippen LogP) is 3.11. The molecule has 1 amide bonds. The lowest BCUT2D eigenvalue weighted by Gasteiger charge is -2.07. The molecule has 7 heteroatoms. The van der Waals surface area contributed by atoms with Crippen molar-refractivity contribution in [2.75, 3.05) is 5.32 Å². The molecule has 2 heterocycles. The van der Waals surface area contributed by atoms with Crippen molar-refractivity contribution in [2.45, 2.75) is 6.92 Å². The molecule has 2 aromatic heterocycles. The fourth-order valence-electron chi connectivity index (χ4n) is 2.14. The Kier molecular flexibility index (Phi) is 3.84. The molecule has 0 atom stereocenters. The van der Waals surface area contributed by atoms with E-state index in [-0.39, 0.29) is 5.56 Å². The van der Waals surface area contributed by atoms with Crippen molar-refractivity contribution in [3.63, 3.8) is 0 Å². The van der Waals surface area contributed by atoms with Gasteiger partial charge in [-0.3, -0.25) is 4.79 Å². The van der Waals surface area contributed by atoms with E-state index in [9.17, 15) is 13.6 Å². The first-order chi connectivity index (χ1) is 11.1. The van der Waals surface area contributed by atoms with Gasteiger partial charge in [0.2, 0.25) is 0 Å². The van der Waals surface area contributed by atoms with Crippen LogP contribution in [0.15, 0.2) is 48.8 Å². The van der Waals surface area contributed by atoms with E-state index < -0.39 is 23.2 Å². The zero-order chi connectivity index (χ0) is 16.4. The summed E-state index contributed by atoms with van der Waals surface area (Å²) in [6, 6.07) is 8.66. The minimum Gasteiger partial charge on any atom is -0.317 e. The summed E-state index contributed by atoms with van der Waals surface area (Å²) in [6.07, 6.45) is 2.93. The molecule has 0 aliphatic rings. The number of hydrogen-bond donors (Lipinski definition) is 1. The number of hydrogen-bond acceptors (Lipinski definition) is 3. The molecule has 1 N–H and O–H groups in total. The van der Waals surface area contributed by atoms with Gasteiger partial charge in [0.15, 0.2) is 5.82 Å². The third-order valence-corrected chi connectivity index (χ3v) is 3.32. The number of benzene rings is 1. The monoisotopic (exact) mass is 314 g/mol. The molecule has 1 aromatic carbocycles. The number of carbonyl (C=O) groups excluding carboxylic acids is 1. The molecule has 5 nitrogen and oxygen atoms in total. The van der Waals surface area contributed by atoms with Crippen molar-refractivity contribution in [1.82, 2.24) is 14.8 Å². The van der Waals surface area contributed by atoms with Crippen molar-refractivity contribution >= 4 is 11.6 Å². The molecule has 3 aromatic rings. The molecule has 0 aliphatic carbocycles. The molecular formula is C16H12F2N4O. The van der Waals surface area contributed by atoms with Gasteiger partial charge >= 0.3 is 0 Å². The second-order valence-electron chi connectivity index (χ2n) is 4.79. The summed E-state index contributed by atoms with van der Waals surface area (Å²) in [5.74, 6) is -1.78. The van der Waals surface area contributed by atoms with Crippen LogP contribution in [0.3, 0.4) is 0 Å². The Balaban J connectivity index is 1.91. The maximum Gasteiger partial charge on any atom is 0.259 e. The number of carbonyl (C=O) groups is 1. The standard InChI is InChI=1S/C16H12F2N4O/c1-10-11(9-20-22(10)14-7-2-3-8-19-14)16(23)21-15-12(17)5-4-6-13(15)18/h2-9H,1H3,(H,21,23). The number of halogens is 2. The van der Waals surface area contributed by atoms with Gasteiger partial charge in [-0.05, 0) is 31.2 Å². The SMILES string of the molecule is Cc1c(C(=O)Nc2c(F)cccc2F)cnn1-c1ccccn1. The Morgan fingerprint density at radius 1 is 1.13 bits per heavy atom. The van der Waals surface area contributed by atoms with Gasteiger partial charge in [-0.15, -0.1) is 0 Å². The van der Waals surface area contributed by atoms with Crippen LogP contribution in [0.5, 0.6) is 0 Å². The van der Waals surface area contributed by atoms with Gasteiger partial charge in [-0.1, -0.05) is 12.1 Å². The van der Waals surface area contributed by atoms with E-state index in [4.69, 9.17) is 0 Å². The maximum atomic E-state index is 13.6. The largest absolute Gasteiger partial charge is 0.317 e.